The molecule has 0 aromatic carbocycles. The molecule has 1 aromatic rings. The molecule has 0 radical (unpaired) electrons. The van der Waals surface area contributed by atoms with Gasteiger partial charge in [-0.2, -0.15) is 13.2 Å². The summed E-state index contributed by atoms with van der Waals surface area (Å²) in [6, 6.07) is 1.35. The Morgan fingerprint density at radius 2 is 1.92 bits per heavy atom. The van der Waals surface area contributed by atoms with Gasteiger partial charge in [0.15, 0.2) is 5.03 Å². The van der Waals surface area contributed by atoms with Gasteiger partial charge in [0.05, 0.1) is 5.56 Å². The third-order valence-electron chi connectivity index (χ3n) is 4.63. The highest BCUT2D eigenvalue weighted by molar-refractivity contribution is 7.92. The molecule has 1 heterocycles. The lowest BCUT2D eigenvalue weighted by Gasteiger charge is -2.30. The van der Waals surface area contributed by atoms with Crippen LogP contribution >= 0.6 is 0 Å². The number of alkyl halides is 3. The van der Waals surface area contributed by atoms with E-state index in [1.807, 2.05) is 6.92 Å². The molecule has 1 aliphatic carbocycles. The lowest BCUT2D eigenvalue weighted by Crippen LogP contribution is -2.47. The van der Waals surface area contributed by atoms with Crippen molar-refractivity contribution in [3.8, 4) is 0 Å². The van der Waals surface area contributed by atoms with E-state index in [0.29, 0.717) is 12.3 Å². The predicted molar refractivity (Wildman–Crippen MR) is 85.4 cm³/mol. The Morgan fingerprint density at radius 1 is 1.28 bits per heavy atom. The van der Waals surface area contributed by atoms with E-state index >= 15 is 0 Å². The van der Waals surface area contributed by atoms with E-state index in [-0.39, 0.29) is 12.0 Å². The maximum absolute atomic E-state index is 12.5. The number of aromatic nitrogens is 1. The average molecular weight is 378 g/mol. The second-order valence-electron chi connectivity index (χ2n) is 6.45. The summed E-state index contributed by atoms with van der Waals surface area (Å²) < 4.78 is 62.5. The number of nitrogens with zero attached hydrogens (tertiary/aromatic N) is 1. The van der Waals surface area contributed by atoms with E-state index in [1.54, 1.807) is 0 Å². The maximum Gasteiger partial charge on any atom is 0.417 e. The van der Waals surface area contributed by atoms with Crippen LogP contribution in [-0.2, 0) is 20.8 Å². The predicted octanol–water partition coefficient (Wildman–Crippen LogP) is 2.96. The van der Waals surface area contributed by atoms with Crippen molar-refractivity contribution in [2.24, 2.45) is 5.92 Å². The van der Waals surface area contributed by atoms with Crippen LogP contribution in [0.25, 0.3) is 0 Å². The SMILES string of the molecule is CC1CCCCC1NC(=O)C(C)S(=O)(=O)c1ccc(C(F)(F)F)cn1. The highest BCUT2D eigenvalue weighted by atomic mass is 32.2. The van der Waals surface area contributed by atoms with Crippen LogP contribution in [0.1, 0.15) is 45.1 Å². The van der Waals surface area contributed by atoms with E-state index in [2.05, 4.69) is 10.3 Å². The summed E-state index contributed by atoms with van der Waals surface area (Å²) in [6.07, 6.45) is -0.339. The molecule has 1 aromatic heterocycles. The first kappa shape index (κ1) is 19.7. The van der Waals surface area contributed by atoms with Crippen LogP contribution < -0.4 is 5.32 Å². The minimum atomic E-state index is -4.60. The molecule has 140 valence electrons. The summed E-state index contributed by atoms with van der Waals surface area (Å²) in [4.78, 5) is 15.7. The molecule has 1 fully saturated rings. The molecule has 1 saturated carbocycles. The van der Waals surface area contributed by atoms with Crippen molar-refractivity contribution in [1.29, 1.82) is 0 Å². The lowest BCUT2D eigenvalue weighted by molar-refractivity contribution is -0.137. The summed E-state index contributed by atoms with van der Waals surface area (Å²) in [7, 11) is -4.16. The fourth-order valence-electron chi connectivity index (χ4n) is 2.87. The van der Waals surface area contributed by atoms with Gasteiger partial charge in [-0.05, 0) is 37.8 Å². The van der Waals surface area contributed by atoms with Crippen molar-refractivity contribution in [1.82, 2.24) is 10.3 Å². The van der Waals surface area contributed by atoms with Gasteiger partial charge in [-0.1, -0.05) is 19.8 Å². The minimum Gasteiger partial charge on any atom is -0.352 e. The fraction of sp³-hybridized carbons (Fsp3) is 0.625. The van der Waals surface area contributed by atoms with Gasteiger partial charge < -0.3 is 5.32 Å². The van der Waals surface area contributed by atoms with Gasteiger partial charge in [-0.15, -0.1) is 0 Å². The standard InChI is InChI=1S/C16H21F3N2O3S/c1-10-5-3-4-6-13(10)21-15(22)11(2)25(23,24)14-8-7-12(9-20-14)16(17,18)19/h7-11,13H,3-6H2,1-2H3,(H,21,22). The zero-order chi connectivity index (χ0) is 18.8. The van der Waals surface area contributed by atoms with Gasteiger partial charge in [-0.25, -0.2) is 13.4 Å². The van der Waals surface area contributed by atoms with Crippen molar-refractivity contribution in [3.05, 3.63) is 23.9 Å². The molecule has 1 N–H and O–H groups in total. The van der Waals surface area contributed by atoms with E-state index < -0.39 is 37.8 Å². The molecule has 3 atom stereocenters. The lowest BCUT2D eigenvalue weighted by atomic mass is 9.86. The molecule has 25 heavy (non-hydrogen) atoms. The number of carbonyl (C=O) groups excluding carboxylic acids is 1. The van der Waals surface area contributed by atoms with Crippen molar-refractivity contribution >= 4 is 15.7 Å². The van der Waals surface area contributed by atoms with Gasteiger partial charge in [0.2, 0.25) is 15.7 Å². The first-order valence-corrected chi connectivity index (χ1v) is 9.65. The number of rotatable bonds is 4. The third kappa shape index (κ3) is 4.50. The first-order valence-electron chi connectivity index (χ1n) is 8.11. The van der Waals surface area contributed by atoms with Crippen LogP contribution in [0.3, 0.4) is 0 Å². The van der Waals surface area contributed by atoms with E-state index in [0.717, 1.165) is 31.7 Å². The molecule has 1 aliphatic rings. The third-order valence-corrected chi connectivity index (χ3v) is 6.60. The van der Waals surface area contributed by atoms with Crippen LogP contribution in [0.15, 0.2) is 23.4 Å². The van der Waals surface area contributed by atoms with Crippen LogP contribution in [0, 0.1) is 5.92 Å². The molecular formula is C16H21F3N2O3S. The summed E-state index contributed by atoms with van der Waals surface area (Å²) in [6.45, 7) is 3.22. The van der Waals surface area contributed by atoms with Crippen LogP contribution in [0.5, 0.6) is 0 Å². The quantitative estimate of drug-likeness (QED) is 0.874. The van der Waals surface area contributed by atoms with Crippen LogP contribution in [0.4, 0.5) is 13.2 Å². The molecule has 2 rings (SSSR count). The van der Waals surface area contributed by atoms with Crippen LogP contribution in [0.2, 0.25) is 0 Å². The number of pyridine rings is 1. The number of carbonyl (C=O) groups is 1. The minimum absolute atomic E-state index is 0.0838. The number of hydrogen-bond acceptors (Lipinski definition) is 4. The van der Waals surface area contributed by atoms with Gasteiger partial charge in [-0.3, -0.25) is 4.79 Å². The molecule has 3 unspecified atom stereocenters. The Bertz CT molecular complexity index is 717. The topological polar surface area (TPSA) is 76.1 Å². The van der Waals surface area contributed by atoms with E-state index in [4.69, 9.17) is 0 Å². The second kappa shape index (κ2) is 7.31. The molecule has 5 nitrogen and oxygen atoms in total. The number of halogens is 3. The number of sulfone groups is 1. The van der Waals surface area contributed by atoms with Crippen molar-refractivity contribution in [3.63, 3.8) is 0 Å². The maximum atomic E-state index is 12.5. The largest absolute Gasteiger partial charge is 0.417 e. The monoisotopic (exact) mass is 378 g/mol. The van der Waals surface area contributed by atoms with Crippen molar-refractivity contribution in [2.45, 2.75) is 62.0 Å². The number of nitrogens with one attached hydrogen (secondary N) is 1. The van der Waals surface area contributed by atoms with Gasteiger partial charge in [0.1, 0.15) is 5.25 Å². The van der Waals surface area contributed by atoms with Crippen LogP contribution in [-0.4, -0.2) is 30.6 Å². The average Bonchev–Trinajstić information content (AvgIpc) is 2.55. The first-order chi connectivity index (χ1) is 11.5. The molecule has 1 amide bonds. The van der Waals surface area contributed by atoms with Gasteiger partial charge >= 0.3 is 6.18 Å². The molecule has 9 heteroatoms. The fourth-order valence-corrected chi connectivity index (χ4v) is 4.04. The molecule has 0 spiro atoms. The Morgan fingerprint density at radius 3 is 2.44 bits per heavy atom. The summed E-state index contributed by atoms with van der Waals surface area (Å²) in [5.41, 5.74) is -1.04. The van der Waals surface area contributed by atoms with E-state index in [9.17, 15) is 26.4 Å². The smallest absolute Gasteiger partial charge is 0.352 e. The molecule has 0 aliphatic heterocycles. The van der Waals surface area contributed by atoms with Crippen molar-refractivity contribution < 1.29 is 26.4 Å². The molecule has 0 bridgehead atoms. The number of amides is 1. The van der Waals surface area contributed by atoms with Gasteiger partial charge in [0.25, 0.3) is 0 Å². The molecular weight excluding hydrogens is 357 g/mol. The zero-order valence-corrected chi connectivity index (χ0v) is 14.8. The van der Waals surface area contributed by atoms with Gasteiger partial charge in [0, 0.05) is 12.2 Å². The summed E-state index contributed by atoms with van der Waals surface area (Å²) in [5, 5.41) is 0.787. The number of hydrogen-bond donors (Lipinski definition) is 1. The highest BCUT2D eigenvalue weighted by Gasteiger charge is 2.35. The summed E-state index contributed by atoms with van der Waals surface area (Å²) >= 11 is 0. The van der Waals surface area contributed by atoms with E-state index in [1.165, 1.54) is 6.92 Å². The zero-order valence-electron chi connectivity index (χ0n) is 14.0. The normalized spacial score (nSPS) is 23.1. The Hall–Kier alpha value is -1.64. The molecule has 0 saturated heterocycles. The highest BCUT2D eigenvalue weighted by Crippen LogP contribution is 2.29. The van der Waals surface area contributed by atoms with Crippen molar-refractivity contribution in [2.75, 3.05) is 0 Å². The Kier molecular flexibility index (Phi) is 5.75. The second-order valence-corrected chi connectivity index (χ2v) is 8.66. The Balaban J connectivity index is 2.13. The Labute approximate surface area is 144 Å². The summed E-state index contributed by atoms with van der Waals surface area (Å²) in [5.74, 6) is -0.391.